The van der Waals surface area contributed by atoms with Crippen molar-refractivity contribution in [1.82, 2.24) is 4.90 Å². The average molecular weight is 243 g/mol. The molecule has 0 aromatic carbocycles. The van der Waals surface area contributed by atoms with Crippen LogP contribution in [0, 0.1) is 5.92 Å². The molecule has 4 N–H and O–H groups in total. The van der Waals surface area contributed by atoms with Gasteiger partial charge in [-0.15, -0.1) is 0 Å². The summed E-state index contributed by atoms with van der Waals surface area (Å²) in [6, 6.07) is -0.811. The number of piperidine rings is 1. The Labute approximate surface area is 101 Å². The Bertz CT molecular complexity index is 281. The summed E-state index contributed by atoms with van der Waals surface area (Å²) in [6.45, 7) is 2.00. The van der Waals surface area contributed by atoms with Gasteiger partial charge in [0, 0.05) is 20.2 Å². The predicted octanol–water partition coefficient (Wildman–Crippen LogP) is -0.926. The van der Waals surface area contributed by atoms with E-state index in [1.54, 1.807) is 12.0 Å². The van der Waals surface area contributed by atoms with E-state index < -0.39 is 11.9 Å². The number of methoxy groups -OCH3 is 1. The van der Waals surface area contributed by atoms with Crippen LogP contribution in [0.15, 0.2) is 0 Å². The van der Waals surface area contributed by atoms with Crippen LogP contribution in [-0.4, -0.2) is 49.6 Å². The molecule has 1 rings (SSSR count). The molecule has 1 aliphatic heterocycles. The first-order valence-electron chi connectivity index (χ1n) is 5.86. The highest BCUT2D eigenvalue weighted by Crippen LogP contribution is 2.17. The first-order chi connectivity index (χ1) is 8.04. The molecule has 0 aliphatic carbocycles. The number of nitrogens with zero attached hydrogens (tertiary/aromatic N) is 1. The number of hydrogen-bond donors (Lipinski definition) is 2. The predicted molar refractivity (Wildman–Crippen MR) is 63.0 cm³/mol. The number of rotatable bonds is 5. The highest BCUT2D eigenvalue weighted by molar-refractivity contribution is 5.87. The van der Waals surface area contributed by atoms with Crippen molar-refractivity contribution in [3.63, 3.8) is 0 Å². The zero-order valence-corrected chi connectivity index (χ0v) is 10.2. The van der Waals surface area contributed by atoms with Gasteiger partial charge < -0.3 is 21.1 Å². The largest absolute Gasteiger partial charge is 0.384 e. The molecule has 1 heterocycles. The van der Waals surface area contributed by atoms with Gasteiger partial charge in [0.2, 0.25) is 11.8 Å². The topological polar surface area (TPSA) is 98.7 Å². The highest BCUT2D eigenvalue weighted by atomic mass is 16.5. The van der Waals surface area contributed by atoms with Gasteiger partial charge in [-0.3, -0.25) is 9.59 Å². The second-order valence-electron chi connectivity index (χ2n) is 4.52. The Kier molecular flexibility index (Phi) is 5.37. The van der Waals surface area contributed by atoms with Crippen LogP contribution in [-0.2, 0) is 14.3 Å². The number of amides is 2. The van der Waals surface area contributed by atoms with Crippen molar-refractivity contribution in [1.29, 1.82) is 0 Å². The summed E-state index contributed by atoms with van der Waals surface area (Å²) >= 11 is 0. The van der Waals surface area contributed by atoms with Crippen LogP contribution in [0.1, 0.15) is 19.3 Å². The molecule has 0 aromatic heterocycles. The van der Waals surface area contributed by atoms with Gasteiger partial charge >= 0.3 is 0 Å². The van der Waals surface area contributed by atoms with Crippen LogP contribution in [0.3, 0.4) is 0 Å². The van der Waals surface area contributed by atoms with Gasteiger partial charge in [0.1, 0.15) is 0 Å². The van der Waals surface area contributed by atoms with Crippen molar-refractivity contribution in [2.24, 2.45) is 17.4 Å². The summed E-state index contributed by atoms with van der Waals surface area (Å²) in [6.07, 6.45) is 1.91. The van der Waals surface area contributed by atoms with E-state index in [4.69, 9.17) is 16.2 Å². The third-order valence-corrected chi connectivity index (χ3v) is 2.97. The van der Waals surface area contributed by atoms with Crippen LogP contribution in [0.5, 0.6) is 0 Å². The van der Waals surface area contributed by atoms with Crippen LogP contribution in [0.2, 0.25) is 0 Å². The molecule has 1 saturated heterocycles. The third-order valence-electron chi connectivity index (χ3n) is 2.97. The molecule has 6 nitrogen and oxygen atoms in total. The molecule has 0 aromatic rings. The smallest absolute Gasteiger partial charge is 0.240 e. The molecule has 2 atom stereocenters. The van der Waals surface area contributed by atoms with E-state index in [1.165, 1.54) is 0 Å². The van der Waals surface area contributed by atoms with Gasteiger partial charge in [0.15, 0.2) is 0 Å². The Morgan fingerprint density at radius 1 is 1.53 bits per heavy atom. The van der Waals surface area contributed by atoms with Gasteiger partial charge in [-0.05, 0) is 18.8 Å². The fourth-order valence-electron chi connectivity index (χ4n) is 2.18. The van der Waals surface area contributed by atoms with Crippen molar-refractivity contribution < 1.29 is 14.3 Å². The molecular weight excluding hydrogens is 222 g/mol. The van der Waals surface area contributed by atoms with Gasteiger partial charge in [-0.2, -0.15) is 0 Å². The summed E-state index contributed by atoms with van der Waals surface area (Å²) in [5.41, 5.74) is 10.7. The fourth-order valence-corrected chi connectivity index (χ4v) is 2.18. The molecule has 17 heavy (non-hydrogen) atoms. The van der Waals surface area contributed by atoms with E-state index in [0.29, 0.717) is 25.6 Å². The number of carbonyl (C=O) groups excluding carboxylic acids is 2. The number of carbonyl (C=O) groups is 2. The van der Waals surface area contributed by atoms with E-state index in [0.717, 1.165) is 12.8 Å². The van der Waals surface area contributed by atoms with Crippen molar-refractivity contribution >= 4 is 11.8 Å². The quantitative estimate of drug-likeness (QED) is 0.652. The summed E-state index contributed by atoms with van der Waals surface area (Å²) in [5, 5.41) is 0. The maximum Gasteiger partial charge on any atom is 0.240 e. The zero-order chi connectivity index (χ0) is 12.8. The number of ether oxygens (including phenoxy) is 1. The summed E-state index contributed by atoms with van der Waals surface area (Å²) in [7, 11) is 1.65. The monoisotopic (exact) mass is 243 g/mol. The summed E-state index contributed by atoms with van der Waals surface area (Å²) < 4.78 is 5.09. The minimum absolute atomic E-state index is 0.0930. The average Bonchev–Trinajstić information content (AvgIpc) is 2.28. The number of primary amides is 1. The Hall–Kier alpha value is -1.14. The van der Waals surface area contributed by atoms with Gasteiger partial charge in [-0.1, -0.05) is 0 Å². The molecule has 1 fully saturated rings. The molecule has 2 amide bonds. The van der Waals surface area contributed by atoms with Gasteiger partial charge in [0.05, 0.1) is 19.1 Å². The van der Waals surface area contributed by atoms with Crippen LogP contribution < -0.4 is 11.5 Å². The second-order valence-corrected chi connectivity index (χ2v) is 4.52. The minimum Gasteiger partial charge on any atom is -0.384 e. The van der Waals surface area contributed by atoms with Crippen molar-refractivity contribution in [2.45, 2.75) is 25.3 Å². The number of hydrogen-bond acceptors (Lipinski definition) is 4. The van der Waals surface area contributed by atoms with E-state index >= 15 is 0 Å². The molecule has 0 spiro atoms. The molecule has 98 valence electrons. The van der Waals surface area contributed by atoms with Crippen molar-refractivity contribution in [3.05, 3.63) is 0 Å². The molecule has 6 heteroatoms. The SMILES string of the molecule is COCC1CCCN(C(=O)C(N)CC(N)=O)C1. The summed E-state index contributed by atoms with van der Waals surface area (Å²) in [5.74, 6) is -0.376. The van der Waals surface area contributed by atoms with E-state index in [9.17, 15) is 9.59 Å². The zero-order valence-electron chi connectivity index (χ0n) is 10.2. The van der Waals surface area contributed by atoms with Crippen LogP contribution >= 0.6 is 0 Å². The van der Waals surface area contributed by atoms with Crippen molar-refractivity contribution in [2.75, 3.05) is 26.8 Å². The number of likely N-dealkylation sites (tertiary alicyclic amines) is 1. The first kappa shape index (κ1) is 13.9. The lowest BCUT2D eigenvalue weighted by Crippen LogP contribution is -2.49. The Balaban J connectivity index is 2.48. The van der Waals surface area contributed by atoms with Gasteiger partial charge in [0.25, 0.3) is 0 Å². The van der Waals surface area contributed by atoms with Gasteiger partial charge in [-0.25, -0.2) is 0 Å². The molecular formula is C11H21N3O3. The maximum absolute atomic E-state index is 11.9. The van der Waals surface area contributed by atoms with E-state index in [-0.39, 0.29) is 12.3 Å². The minimum atomic E-state index is -0.811. The van der Waals surface area contributed by atoms with Crippen molar-refractivity contribution in [3.8, 4) is 0 Å². The second kappa shape index (κ2) is 6.56. The molecule has 2 unspecified atom stereocenters. The maximum atomic E-state index is 11.9. The normalized spacial score (nSPS) is 22.2. The van der Waals surface area contributed by atoms with Crippen LogP contribution in [0.4, 0.5) is 0 Å². The molecule has 0 bridgehead atoms. The molecule has 0 radical (unpaired) electrons. The lowest BCUT2D eigenvalue weighted by atomic mass is 9.98. The third kappa shape index (κ3) is 4.32. The molecule has 1 aliphatic rings. The lowest BCUT2D eigenvalue weighted by molar-refractivity contribution is -0.136. The van der Waals surface area contributed by atoms with Crippen LogP contribution in [0.25, 0.3) is 0 Å². The van der Waals surface area contributed by atoms with E-state index in [2.05, 4.69) is 0 Å². The first-order valence-corrected chi connectivity index (χ1v) is 5.86. The number of nitrogens with two attached hydrogens (primary N) is 2. The lowest BCUT2D eigenvalue weighted by Gasteiger charge is -2.33. The Morgan fingerprint density at radius 3 is 2.82 bits per heavy atom. The highest BCUT2D eigenvalue weighted by Gasteiger charge is 2.27. The fraction of sp³-hybridized carbons (Fsp3) is 0.818. The summed E-state index contributed by atoms with van der Waals surface area (Å²) in [4.78, 5) is 24.4. The molecule has 0 saturated carbocycles. The standard InChI is InChI=1S/C11H21N3O3/c1-17-7-8-3-2-4-14(6-8)11(16)9(12)5-10(13)15/h8-9H,2-7,12H2,1H3,(H2,13,15). The Morgan fingerprint density at radius 2 is 2.24 bits per heavy atom. The van der Waals surface area contributed by atoms with E-state index in [1.807, 2.05) is 0 Å².